The zero-order valence-electron chi connectivity index (χ0n) is 8.95. The SMILES string of the molecule is CCCOC(=O)c1cccc(C(C)=O)c1. The normalized spacial score (nSPS) is 9.73. The molecule has 80 valence electrons. The van der Waals surface area contributed by atoms with Crippen molar-refractivity contribution in [2.24, 2.45) is 0 Å². The van der Waals surface area contributed by atoms with E-state index >= 15 is 0 Å². The number of benzene rings is 1. The molecule has 1 aromatic rings. The van der Waals surface area contributed by atoms with E-state index in [9.17, 15) is 9.59 Å². The molecule has 0 amide bonds. The standard InChI is InChI=1S/C12H14O3/c1-3-7-15-12(14)11-6-4-5-10(8-11)9(2)13/h4-6,8H,3,7H2,1-2H3. The van der Waals surface area contributed by atoms with Gasteiger partial charge in [-0.3, -0.25) is 4.79 Å². The summed E-state index contributed by atoms with van der Waals surface area (Å²) in [6.45, 7) is 3.80. The summed E-state index contributed by atoms with van der Waals surface area (Å²) in [4.78, 5) is 22.5. The van der Waals surface area contributed by atoms with Gasteiger partial charge in [-0.25, -0.2) is 4.79 Å². The summed E-state index contributed by atoms with van der Waals surface area (Å²) in [5, 5.41) is 0. The van der Waals surface area contributed by atoms with Crippen molar-refractivity contribution >= 4 is 11.8 Å². The van der Waals surface area contributed by atoms with Gasteiger partial charge in [0.1, 0.15) is 0 Å². The molecule has 15 heavy (non-hydrogen) atoms. The summed E-state index contributed by atoms with van der Waals surface area (Å²) in [5.41, 5.74) is 0.956. The third kappa shape index (κ3) is 3.20. The fourth-order valence-corrected chi connectivity index (χ4v) is 1.14. The molecule has 1 rings (SSSR count). The molecular formula is C12H14O3. The Morgan fingerprint density at radius 3 is 2.53 bits per heavy atom. The summed E-state index contributed by atoms with van der Waals surface area (Å²) in [6, 6.07) is 6.56. The number of carbonyl (C=O) groups excluding carboxylic acids is 2. The lowest BCUT2D eigenvalue weighted by molar-refractivity contribution is 0.0505. The monoisotopic (exact) mass is 206 g/mol. The summed E-state index contributed by atoms with van der Waals surface area (Å²) in [5.74, 6) is -0.430. The van der Waals surface area contributed by atoms with Gasteiger partial charge in [0.2, 0.25) is 0 Å². The van der Waals surface area contributed by atoms with Crippen LogP contribution >= 0.6 is 0 Å². The molecule has 0 aliphatic carbocycles. The second kappa shape index (κ2) is 5.29. The van der Waals surface area contributed by atoms with Crippen LogP contribution in [0.1, 0.15) is 41.0 Å². The van der Waals surface area contributed by atoms with Gasteiger partial charge in [-0.2, -0.15) is 0 Å². The highest BCUT2D eigenvalue weighted by molar-refractivity contribution is 5.97. The lowest BCUT2D eigenvalue weighted by Gasteiger charge is -2.03. The Morgan fingerprint density at radius 1 is 1.27 bits per heavy atom. The quantitative estimate of drug-likeness (QED) is 0.561. The van der Waals surface area contributed by atoms with Crippen molar-refractivity contribution < 1.29 is 14.3 Å². The Kier molecular flexibility index (Phi) is 4.03. The second-order valence-corrected chi connectivity index (χ2v) is 3.27. The number of hydrogen-bond acceptors (Lipinski definition) is 3. The van der Waals surface area contributed by atoms with Crippen LogP contribution in [-0.2, 0) is 4.74 Å². The first kappa shape index (κ1) is 11.4. The Balaban J connectivity index is 2.81. The van der Waals surface area contributed by atoms with Crippen molar-refractivity contribution in [1.29, 1.82) is 0 Å². The number of Topliss-reactive ketones (excluding diaryl/α,β-unsaturated/α-hetero) is 1. The molecule has 0 heterocycles. The fourth-order valence-electron chi connectivity index (χ4n) is 1.14. The number of esters is 1. The molecule has 0 saturated heterocycles. The molecule has 1 aromatic carbocycles. The van der Waals surface area contributed by atoms with Gasteiger partial charge in [0.15, 0.2) is 5.78 Å². The van der Waals surface area contributed by atoms with Crippen molar-refractivity contribution in [1.82, 2.24) is 0 Å². The highest BCUT2D eigenvalue weighted by atomic mass is 16.5. The lowest BCUT2D eigenvalue weighted by atomic mass is 10.1. The van der Waals surface area contributed by atoms with Gasteiger partial charge in [-0.1, -0.05) is 19.1 Å². The predicted molar refractivity (Wildman–Crippen MR) is 57.0 cm³/mol. The molecule has 0 unspecified atom stereocenters. The molecule has 0 saturated carbocycles. The second-order valence-electron chi connectivity index (χ2n) is 3.27. The Morgan fingerprint density at radius 2 is 1.93 bits per heavy atom. The first-order chi connectivity index (χ1) is 7.15. The molecule has 0 radical (unpaired) electrons. The first-order valence-electron chi connectivity index (χ1n) is 4.93. The first-order valence-corrected chi connectivity index (χ1v) is 4.93. The predicted octanol–water partition coefficient (Wildman–Crippen LogP) is 2.46. The number of hydrogen-bond donors (Lipinski definition) is 0. The molecule has 0 fully saturated rings. The highest BCUT2D eigenvalue weighted by Crippen LogP contribution is 2.07. The minimum absolute atomic E-state index is 0.0554. The van der Waals surface area contributed by atoms with Crippen molar-refractivity contribution in [2.45, 2.75) is 20.3 Å². The zero-order valence-corrected chi connectivity index (χ0v) is 8.95. The molecule has 0 aliphatic heterocycles. The van der Waals surface area contributed by atoms with Crippen LogP contribution in [0.25, 0.3) is 0 Å². The summed E-state index contributed by atoms with van der Waals surface area (Å²) >= 11 is 0. The zero-order chi connectivity index (χ0) is 11.3. The van der Waals surface area contributed by atoms with Crippen LogP contribution in [0.5, 0.6) is 0 Å². The third-order valence-corrected chi connectivity index (χ3v) is 1.94. The topological polar surface area (TPSA) is 43.4 Å². The Bertz CT molecular complexity index is 369. The van der Waals surface area contributed by atoms with E-state index in [-0.39, 0.29) is 11.8 Å². The van der Waals surface area contributed by atoms with E-state index in [2.05, 4.69) is 0 Å². The average Bonchev–Trinajstić information content (AvgIpc) is 2.26. The number of carbonyl (C=O) groups is 2. The number of rotatable bonds is 4. The summed E-state index contributed by atoms with van der Waals surface area (Å²) in [7, 11) is 0. The van der Waals surface area contributed by atoms with E-state index in [0.717, 1.165) is 6.42 Å². The van der Waals surface area contributed by atoms with Crippen molar-refractivity contribution in [3.05, 3.63) is 35.4 Å². The molecule has 3 heteroatoms. The lowest BCUT2D eigenvalue weighted by Crippen LogP contribution is -2.06. The fraction of sp³-hybridized carbons (Fsp3) is 0.333. The maximum atomic E-state index is 11.4. The van der Waals surface area contributed by atoms with Gasteiger partial charge in [0.05, 0.1) is 12.2 Å². The molecule has 3 nitrogen and oxygen atoms in total. The molecular weight excluding hydrogens is 192 g/mol. The van der Waals surface area contributed by atoms with Gasteiger partial charge < -0.3 is 4.74 Å². The van der Waals surface area contributed by atoms with Gasteiger partial charge in [-0.15, -0.1) is 0 Å². The van der Waals surface area contributed by atoms with E-state index in [4.69, 9.17) is 4.74 Å². The van der Waals surface area contributed by atoms with Crippen molar-refractivity contribution in [3.63, 3.8) is 0 Å². The van der Waals surface area contributed by atoms with Gasteiger partial charge >= 0.3 is 5.97 Å². The van der Waals surface area contributed by atoms with Crippen LogP contribution in [0.3, 0.4) is 0 Å². The van der Waals surface area contributed by atoms with E-state index in [1.165, 1.54) is 6.92 Å². The summed E-state index contributed by atoms with van der Waals surface area (Å²) in [6.07, 6.45) is 0.790. The molecule has 0 aromatic heterocycles. The minimum Gasteiger partial charge on any atom is -0.462 e. The Labute approximate surface area is 89.1 Å². The minimum atomic E-state index is -0.375. The van der Waals surface area contributed by atoms with Crippen LogP contribution in [0.15, 0.2) is 24.3 Å². The molecule has 0 bridgehead atoms. The molecule has 0 spiro atoms. The maximum absolute atomic E-state index is 11.4. The highest BCUT2D eigenvalue weighted by Gasteiger charge is 2.08. The van der Waals surface area contributed by atoms with E-state index in [1.807, 2.05) is 6.92 Å². The van der Waals surface area contributed by atoms with Crippen LogP contribution < -0.4 is 0 Å². The van der Waals surface area contributed by atoms with Crippen LogP contribution in [-0.4, -0.2) is 18.4 Å². The van der Waals surface area contributed by atoms with Crippen LogP contribution in [0.4, 0.5) is 0 Å². The Hall–Kier alpha value is -1.64. The molecule has 0 atom stereocenters. The van der Waals surface area contributed by atoms with E-state index < -0.39 is 0 Å². The number of ketones is 1. The number of ether oxygens (including phenoxy) is 1. The van der Waals surface area contributed by atoms with E-state index in [0.29, 0.717) is 17.7 Å². The maximum Gasteiger partial charge on any atom is 0.338 e. The van der Waals surface area contributed by atoms with Crippen molar-refractivity contribution in [2.75, 3.05) is 6.61 Å². The van der Waals surface area contributed by atoms with Gasteiger partial charge in [0, 0.05) is 5.56 Å². The van der Waals surface area contributed by atoms with E-state index in [1.54, 1.807) is 24.3 Å². The van der Waals surface area contributed by atoms with Gasteiger partial charge in [0.25, 0.3) is 0 Å². The molecule has 0 N–H and O–H groups in total. The van der Waals surface area contributed by atoms with Crippen LogP contribution in [0, 0.1) is 0 Å². The average molecular weight is 206 g/mol. The molecule has 0 aliphatic rings. The van der Waals surface area contributed by atoms with Crippen molar-refractivity contribution in [3.8, 4) is 0 Å². The van der Waals surface area contributed by atoms with Crippen LogP contribution in [0.2, 0.25) is 0 Å². The largest absolute Gasteiger partial charge is 0.462 e. The smallest absolute Gasteiger partial charge is 0.338 e. The third-order valence-electron chi connectivity index (χ3n) is 1.94. The van der Waals surface area contributed by atoms with Gasteiger partial charge in [-0.05, 0) is 25.5 Å². The summed E-state index contributed by atoms with van der Waals surface area (Å²) < 4.78 is 4.96.